The van der Waals surface area contributed by atoms with E-state index >= 15 is 0 Å². The smallest absolute Gasteiger partial charge is 0.236 e. The second-order valence-electron chi connectivity index (χ2n) is 5.04. The molecule has 0 aromatic heterocycles. The van der Waals surface area contributed by atoms with Crippen LogP contribution in [0.4, 0.5) is 0 Å². The van der Waals surface area contributed by atoms with Gasteiger partial charge in [-0.3, -0.25) is 9.69 Å². The minimum absolute atomic E-state index is 0.0706. The van der Waals surface area contributed by atoms with Gasteiger partial charge in [0, 0.05) is 25.2 Å². The predicted molar refractivity (Wildman–Crippen MR) is 77.5 cm³/mol. The van der Waals surface area contributed by atoms with Crippen molar-refractivity contribution < 1.29 is 4.79 Å². The largest absolute Gasteiger partial charge is 0.342 e. The maximum Gasteiger partial charge on any atom is 0.236 e. The van der Waals surface area contributed by atoms with Crippen molar-refractivity contribution >= 4 is 5.91 Å². The summed E-state index contributed by atoms with van der Waals surface area (Å²) in [6.07, 6.45) is 2.01. The standard InChI is InChI=1S/C14H31N3O/c1-6-10-17(14(5,7-2)12-15)11-13(18)16(8-3)9-4/h6-12,15H2,1-5H3. The molecule has 0 heterocycles. The summed E-state index contributed by atoms with van der Waals surface area (Å²) in [4.78, 5) is 16.3. The molecule has 4 heteroatoms. The van der Waals surface area contributed by atoms with Crippen LogP contribution in [0.25, 0.3) is 0 Å². The highest BCUT2D eigenvalue weighted by molar-refractivity contribution is 5.78. The zero-order valence-corrected chi connectivity index (χ0v) is 12.8. The first-order valence-corrected chi connectivity index (χ1v) is 7.21. The van der Waals surface area contributed by atoms with E-state index in [9.17, 15) is 4.79 Å². The molecular formula is C14H31N3O. The van der Waals surface area contributed by atoms with Gasteiger partial charge in [-0.05, 0) is 40.2 Å². The average molecular weight is 257 g/mol. The van der Waals surface area contributed by atoms with Gasteiger partial charge in [0.05, 0.1) is 6.54 Å². The number of likely N-dealkylation sites (N-methyl/N-ethyl adjacent to an activating group) is 1. The third-order valence-electron chi connectivity index (χ3n) is 3.90. The zero-order chi connectivity index (χ0) is 14.2. The average Bonchev–Trinajstić information content (AvgIpc) is 2.38. The second-order valence-corrected chi connectivity index (χ2v) is 5.04. The number of carbonyl (C=O) groups is 1. The van der Waals surface area contributed by atoms with Crippen molar-refractivity contribution in [3.05, 3.63) is 0 Å². The SMILES string of the molecule is CCCN(CC(=O)N(CC)CC)C(C)(CC)CN. The molecule has 0 bridgehead atoms. The van der Waals surface area contributed by atoms with Crippen LogP contribution < -0.4 is 5.73 Å². The Hall–Kier alpha value is -0.610. The van der Waals surface area contributed by atoms with Crippen molar-refractivity contribution in [3.63, 3.8) is 0 Å². The quantitative estimate of drug-likeness (QED) is 0.684. The summed E-state index contributed by atoms with van der Waals surface area (Å²) < 4.78 is 0. The van der Waals surface area contributed by atoms with Crippen molar-refractivity contribution in [1.82, 2.24) is 9.80 Å². The highest BCUT2D eigenvalue weighted by atomic mass is 16.2. The molecule has 1 amide bonds. The van der Waals surface area contributed by atoms with Gasteiger partial charge in [-0.2, -0.15) is 0 Å². The van der Waals surface area contributed by atoms with E-state index in [4.69, 9.17) is 5.73 Å². The van der Waals surface area contributed by atoms with Crippen LogP contribution in [-0.4, -0.2) is 54.0 Å². The van der Waals surface area contributed by atoms with Crippen LogP contribution in [0.3, 0.4) is 0 Å². The van der Waals surface area contributed by atoms with Crippen molar-refractivity contribution in [3.8, 4) is 0 Å². The molecule has 0 aromatic carbocycles. The van der Waals surface area contributed by atoms with E-state index in [0.717, 1.165) is 32.5 Å². The Bertz CT molecular complexity index is 235. The second kappa shape index (κ2) is 8.48. The Morgan fingerprint density at radius 2 is 1.72 bits per heavy atom. The van der Waals surface area contributed by atoms with Crippen LogP contribution in [0.5, 0.6) is 0 Å². The van der Waals surface area contributed by atoms with E-state index in [1.165, 1.54) is 0 Å². The first kappa shape index (κ1) is 17.4. The van der Waals surface area contributed by atoms with Crippen molar-refractivity contribution in [1.29, 1.82) is 0 Å². The van der Waals surface area contributed by atoms with E-state index in [2.05, 4.69) is 25.7 Å². The monoisotopic (exact) mass is 257 g/mol. The molecule has 0 radical (unpaired) electrons. The molecule has 0 spiro atoms. The molecule has 0 aliphatic carbocycles. The topological polar surface area (TPSA) is 49.6 Å². The third-order valence-corrected chi connectivity index (χ3v) is 3.90. The van der Waals surface area contributed by atoms with E-state index in [1.807, 2.05) is 18.7 Å². The van der Waals surface area contributed by atoms with Gasteiger partial charge in [-0.25, -0.2) is 0 Å². The first-order valence-electron chi connectivity index (χ1n) is 7.21. The fraction of sp³-hybridized carbons (Fsp3) is 0.929. The van der Waals surface area contributed by atoms with E-state index < -0.39 is 0 Å². The van der Waals surface area contributed by atoms with Gasteiger partial charge in [0.2, 0.25) is 5.91 Å². The van der Waals surface area contributed by atoms with Gasteiger partial charge in [-0.15, -0.1) is 0 Å². The van der Waals surface area contributed by atoms with Gasteiger partial charge in [-0.1, -0.05) is 13.8 Å². The van der Waals surface area contributed by atoms with E-state index in [-0.39, 0.29) is 11.4 Å². The summed E-state index contributed by atoms with van der Waals surface area (Å²) in [5.74, 6) is 0.210. The molecule has 0 rings (SSSR count). The minimum atomic E-state index is -0.0706. The van der Waals surface area contributed by atoms with Gasteiger partial charge < -0.3 is 10.6 Å². The molecular weight excluding hydrogens is 226 g/mol. The van der Waals surface area contributed by atoms with Crippen molar-refractivity contribution in [2.45, 2.75) is 53.0 Å². The zero-order valence-electron chi connectivity index (χ0n) is 12.8. The molecule has 0 aromatic rings. The lowest BCUT2D eigenvalue weighted by atomic mass is 9.96. The van der Waals surface area contributed by atoms with Crippen LogP contribution in [0.1, 0.15) is 47.5 Å². The molecule has 4 nitrogen and oxygen atoms in total. The molecule has 108 valence electrons. The summed E-state index contributed by atoms with van der Waals surface area (Å²) >= 11 is 0. The molecule has 1 atom stereocenters. The Morgan fingerprint density at radius 1 is 1.17 bits per heavy atom. The fourth-order valence-electron chi connectivity index (χ4n) is 2.15. The highest BCUT2D eigenvalue weighted by Crippen LogP contribution is 2.18. The summed E-state index contributed by atoms with van der Waals surface area (Å²) in [6.45, 7) is 14.0. The molecule has 0 aliphatic rings. The van der Waals surface area contributed by atoms with Crippen LogP contribution >= 0.6 is 0 Å². The molecule has 1 unspecified atom stereocenters. The Labute approximate surface area is 113 Å². The molecule has 0 aliphatic heterocycles. The maximum atomic E-state index is 12.2. The number of rotatable bonds is 9. The Balaban J connectivity index is 4.76. The number of nitrogens with zero attached hydrogens (tertiary/aromatic N) is 2. The number of hydrogen-bond donors (Lipinski definition) is 1. The van der Waals surface area contributed by atoms with Crippen molar-refractivity contribution in [2.24, 2.45) is 5.73 Å². The van der Waals surface area contributed by atoms with Crippen LogP contribution in [0.2, 0.25) is 0 Å². The van der Waals surface area contributed by atoms with Crippen LogP contribution in [-0.2, 0) is 4.79 Å². The van der Waals surface area contributed by atoms with E-state index in [1.54, 1.807) is 0 Å². The molecule has 18 heavy (non-hydrogen) atoms. The Kier molecular flexibility index (Phi) is 8.20. The number of hydrogen-bond acceptors (Lipinski definition) is 3. The summed E-state index contributed by atoms with van der Waals surface area (Å²) in [7, 11) is 0. The van der Waals surface area contributed by atoms with Gasteiger partial charge in [0.25, 0.3) is 0 Å². The lowest BCUT2D eigenvalue weighted by Crippen LogP contribution is -2.55. The Morgan fingerprint density at radius 3 is 2.06 bits per heavy atom. The molecule has 0 saturated heterocycles. The van der Waals surface area contributed by atoms with Gasteiger partial charge >= 0.3 is 0 Å². The fourth-order valence-corrected chi connectivity index (χ4v) is 2.15. The molecule has 0 fully saturated rings. The van der Waals surface area contributed by atoms with Crippen molar-refractivity contribution in [2.75, 3.05) is 32.7 Å². The first-order chi connectivity index (χ1) is 8.48. The summed E-state index contributed by atoms with van der Waals surface area (Å²) in [5, 5.41) is 0. The van der Waals surface area contributed by atoms with E-state index in [0.29, 0.717) is 13.1 Å². The lowest BCUT2D eigenvalue weighted by Gasteiger charge is -2.40. The lowest BCUT2D eigenvalue weighted by molar-refractivity contribution is -0.133. The maximum absolute atomic E-state index is 12.2. The number of carbonyl (C=O) groups excluding carboxylic acids is 1. The normalized spacial score (nSPS) is 14.6. The highest BCUT2D eigenvalue weighted by Gasteiger charge is 2.30. The molecule has 2 N–H and O–H groups in total. The molecule has 0 saturated carbocycles. The summed E-state index contributed by atoms with van der Waals surface area (Å²) in [6, 6.07) is 0. The van der Waals surface area contributed by atoms with Crippen LogP contribution in [0.15, 0.2) is 0 Å². The van der Waals surface area contributed by atoms with Gasteiger partial charge in [0.15, 0.2) is 0 Å². The van der Waals surface area contributed by atoms with Crippen LogP contribution in [0, 0.1) is 0 Å². The van der Waals surface area contributed by atoms with Gasteiger partial charge in [0.1, 0.15) is 0 Å². The minimum Gasteiger partial charge on any atom is -0.342 e. The number of amides is 1. The number of nitrogens with two attached hydrogens (primary N) is 1. The summed E-state index contributed by atoms with van der Waals surface area (Å²) in [5.41, 5.74) is 5.83. The third kappa shape index (κ3) is 4.58. The predicted octanol–water partition coefficient (Wildman–Crippen LogP) is 1.69.